The van der Waals surface area contributed by atoms with Gasteiger partial charge in [-0.1, -0.05) is 15.9 Å². The Labute approximate surface area is 113 Å². The molecule has 0 saturated carbocycles. The largest absolute Gasteiger partial charge is 0.314 e. The Morgan fingerprint density at radius 1 is 1.53 bits per heavy atom. The van der Waals surface area contributed by atoms with Gasteiger partial charge in [-0.15, -0.1) is 0 Å². The second-order valence-electron chi connectivity index (χ2n) is 4.92. The molecule has 1 heterocycles. The minimum Gasteiger partial charge on any atom is -0.314 e. The number of halogens is 1. The van der Waals surface area contributed by atoms with Crippen molar-refractivity contribution in [2.24, 2.45) is 5.92 Å². The lowest BCUT2D eigenvalue weighted by Crippen LogP contribution is -2.43. The molecule has 17 heavy (non-hydrogen) atoms. The van der Waals surface area contributed by atoms with Gasteiger partial charge in [0.15, 0.2) is 0 Å². The summed E-state index contributed by atoms with van der Waals surface area (Å²) in [6, 6.07) is 0.489. The third-order valence-electron chi connectivity index (χ3n) is 3.25. The predicted octanol–water partition coefficient (Wildman–Crippen LogP) is 1.42. The Morgan fingerprint density at radius 2 is 2.24 bits per heavy atom. The van der Waals surface area contributed by atoms with Crippen LogP contribution < -0.4 is 5.32 Å². The minimum atomic E-state index is -3.01. The average molecular weight is 327 g/mol. The molecule has 0 radical (unpaired) electrons. The lowest BCUT2D eigenvalue weighted by atomic mass is 9.99. The summed E-state index contributed by atoms with van der Waals surface area (Å²) < 4.78 is 24.6. The molecule has 2 unspecified atom stereocenters. The summed E-state index contributed by atoms with van der Waals surface area (Å²) in [5.74, 6) is 0.455. The van der Waals surface area contributed by atoms with Gasteiger partial charge >= 0.3 is 0 Å². The maximum absolute atomic E-state index is 11.5. The van der Waals surface area contributed by atoms with Crippen molar-refractivity contribution in [1.82, 2.24) is 9.62 Å². The molecule has 1 N–H and O–H groups in total. The predicted molar refractivity (Wildman–Crippen MR) is 75.0 cm³/mol. The molecule has 0 bridgehead atoms. The molecular weight excluding hydrogens is 304 g/mol. The number of rotatable bonds is 6. The number of nitrogens with one attached hydrogen (secondary N) is 1. The molecule has 1 rings (SSSR count). The van der Waals surface area contributed by atoms with E-state index in [1.165, 1.54) is 6.26 Å². The van der Waals surface area contributed by atoms with Crippen molar-refractivity contribution >= 4 is 26.0 Å². The molecule has 0 aromatic rings. The van der Waals surface area contributed by atoms with E-state index in [0.29, 0.717) is 25.0 Å². The van der Waals surface area contributed by atoms with Crippen LogP contribution in [-0.2, 0) is 10.0 Å². The van der Waals surface area contributed by atoms with Crippen LogP contribution in [0, 0.1) is 5.92 Å². The fraction of sp³-hybridized carbons (Fsp3) is 1.00. The zero-order valence-corrected chi connectivity index (χ0v) is 13.1. The summed E-state index contributed by atoms with van der Waals surface area (Å²) in [5.41, 5.74) is 0. The molecule has 1 fully saturated rings. The highest BCUT2D eigenvalue weighted by Gasteiger charge is 2.25. The van der Waals surface area contributed by atoms with E-state index >= 15 is 0 Å². The van der Waals surface area contributed by atoms with Crippen LogP contribution in [0.2, 0.25) is 0 Å². The van der Waals surface area contributed by atoms with Crippen LogP contribution in [0.1, 0.15) is 26.2 Å². The third kappa shape index (κ3) is 5.68. The van der Waals surface area contributed by atoms with Gasteiger partial charge in [0.25, 0.3) is 0 Å². The Balaban J connectivity index is 2.35. The number of sulfonamides is 1. The lowest BCUT2D eigenvalue weighted by molar-refractivity contribution is 0.256. The second-order valence-corrected chi connectivity index (χ2v) is 7.69. The van der Waals surface area contributed by atoms with Crippen LogP contribution in [0.4, 0.5) is 0 Å². The summed E-state index contributed by atoms with van der Waals surface area (Å²) in [7, 11) is -3.01. The van der Waals surface area contributed by atoms with Crippen LogP contribution >= 0.6 is 15.9 Å². The third-order valence-corrected chi connectivity index (χ3v) is 4.98. The van der Waals surface area contributed by atoms with Gasteiger partial charge in [-0.05, 0) is 38.6 Å². The van der Waals surface area contributed by atoms with Crippen molar-refractivity contribution in [2.45, 2.75) is 32.2 Å². The standard InChI is InChI=1S/C11H23BrN2O2S/c1-10(5-6-12)13-8-11-4-3-7-14(9-11)17(2,15)16/h10-11,13H,3-9H2,1-2H3. The van der Waals surface area contributed by atoms with Crippen LogP contribution in [0.5, 0.6) is 0 Å². The molecule has 1 aliphatic rings. The second kappa shape index (κ2) is 7.07. The number of hydrogen-bond donors (Lipinski definition) is 1. The average Bonchev–Trinajstić information content (AvgIpc) is 2.26. The minimum absolute atomic E-state index is 0.455. The SMILES string of the molecule is CC(CCBr)NCC1CCCN(S(C)(=O)=O)C1. The van der Waals surface area contributed by atoms with E-state index < -0.39 is 10.0 Å². The number of hydrogen-bond acceptors (Lipinski definition) is 3. The normalized spacial score (nSPS) is 24.8. The maximum Gasteiger partial charge on any atom is 0.211 e. The van der Waals surface area contributed by atoms with Gasteiger partial charge in [-0.2, -0.15) is 0 Å². The molecule has 0 aromatic carbocycles. The summed E-state index contributed by atoms with van der Waals surface area (Å²) in [5, 5.41) is 4.48. The monoisotopic (exact) mass is 326 g/mol. The first kappa shape index (κ1) is 15.4. The summed E-state index contributed by atoms with van der Waals surface area (Å²) in [6.07, 6.45) is 4.51. The maximum atomic E-state index is 11.5. The van der Waals surface area contributed by atoms with E-state index in [1.807, 2.05) is 0 Å². The topological polar surface area (TPSA) is 49.4 Å². The lowest BCUT2D eigenvalue weighted by Gasteiger charge is -2.31. The van der Waals surface area contributed by atoms with Crippen molar-refractivity contribution in [1.29, 1.82) is 0 Å². The van der Waals surface area contributed by atoms with E-state index in [4.69, 9.17) is 0 Å². The Bertz CT molecular complexity index is 321. The Kier molecular flexibility index (Phi) is 6.40. The van der Waals surface area contributed by atoms with E-state index in [2.05, 4.69) is 28.2 Å². The first-order valence-corrected chi connectivity index (χ1v) is 9.15. The molecule has 102 valence electrons. The van der Waals surface area contributed by atoms with Crippen molar-refractivity contribution in [3.8, 4) is 0 Å². The molecule has 0 aromatic heterocycles. The van der Waals surface area contributed by atoms with Crippen molar-refractivity contribution in [2.75, 3.05) is 31.2 Å². The molecule has 2 atom stereocenters. The van der Waals surface area contributed by atoms with E-state index in [1.54, 1.807) is 4.31 Å². The molecule has 1 aliphatic heterocycles. The summed E-state index contributed by atoms with van der Waals surface area (Å²) in [4.78, 5) is 0. The van der Waals surface area contributed by atoms with Gasteiger partial charge < -0.3 is 5.32 Å². The van der Waals surface area contributed by atoms with Gasteiger partial charge in [-0.25, -0.2) is 12.7 Å². The molecule has 0 amide bonds. The van der Waals surface area contributed by atoms with Crippen LogP contribution in [-0.4, -0.2) is 50.0 Å². The van der Waals surface area contributed by atoms with Gasteiger partial charge in [0, 0.05) is 24.5 Å². The van der Waals surface area contributed by atoms with Crippen molar-refractivity contribution < 1.29 is 8.42 Å². The first-order valence-electron chi connectivity index (χ1n) is 6.18. The number of piperidine rings is 1. The van der Waals surface area contributed by atoms with Crippen LogP contribution in [0.25, 0.3) is 0 Å². The molecule has 6 heteroatoms. The van der Waals surface area contributed by atoms with Crippen molar-refractivity contribution in [3.63, 3.8) is 0 Å². The first-order chi connectivity index (χ1) is 7.93. The summed E-state index contributed by atoms with van der Waals surface area (Å²) >= 11 is 3.42. The zero-order chi connectivity index (χ0) is 12.9. The quantitative estimate of drug-likeness (QED) is 0.751. The highest BCUT2D eigenvalue weighted by atomic mass is 79.9. The van der Waals surface area contributed by atoms with Crippen molar-refractivity contribution in [3.05, 3.63) is 0 Å². The molecular formula is C11H23BrN2O2S. The van der Waals surface area contributed by atoms with Gasteiger partial charge in [0.05, 0.1) is 6.26 Å². The smallest absolute Gasteiger partial charge is 0.211 e. The number of nitrogens with zero attached hydrogens (tertiary/aromatic N) is 1. The summed E-state index contributed by atoms with van der Waals surface area (Å²) in [6.45, 7) is 4.44. The van der Waals surface area contributed by atoms with Gasteiger partial charge in [0.1, 0.15) is 0 Å². The van der Waals surface area contributed by atoms with Gasteiger partial charge in [0.2, 0.25) is 10.0 Å². The van der Waals surface area contributed by atoms with E-state index in [-0.39, 0.29) is 0 Å². The highest BCUT2D eigenvalue weighted by molar-refractivity contribution is 9.09. The zero-order valence-electron chi connectivity index (χ0n) is 10.7. The Morgan fingerprint density at radius 3 is 2.82 bits per heavy atom. The fourth-order valence-corrected chi connectivity index (χ4v) is 3.76. The van der Waals surface area contributed by atoms with Gasteiger partial charge in [-0.3, -0.25) is 0 Å². The number of alkyl halides is 1. The van der Waals surface area contributed by atoms with Crippen LogP contribution in [0.15, 0.2) is 0 Å². The molecule has 1 saturated heterocycles. The van der Waals surface area contributed by atoms with Crippen LogP contribution in [0.3, 0.4) is 0 Å². The Hall–Kier alpha value is 0.350. The highest BCUT2D eigenvalue weighted by Crippen LogP contribution is 2.18. The van der Waals surface area contributed by atoms with E-state index in [0.717, 1.165) is 31.1 Å². The molecule has 4 nitrogen and oxygen atoms in total. The molecule has 0 spiro atoms. The van der Waals surface area contributed by atoms with E-state index in [9.17, 15) is 8.42 Å². The fourth-order valence-electron chi connectivity index (χ4n) is 2.13. The molecule has 0 aliphatic carbocycles.